The number of rotatable bonds is 3. The van der Waals surface area contributed by atoms with E-state index in [2.05, 4.69) is 37.3 Å². The van der Waals surface area contributed by atoms with Crippen molar-refractivity contribution in [1.82, 2.24) is 0 Å². The molecule has 2 aromatic rings. The van der Waals surface area contributed by atoms with Gasteiger partial charge in [-0.05, 0) is 35.2 Å². The van der Waals surface area contributed by atoms with E-state index in [1.807, 2.05) is 24.3 Å². The van der Waals surface area contributed by atoms with Crippen LogP contribution in [0.5, 0.6) is 0 Å². The first-order valence-corrected chi connectivity index (χ1v) is 5.93. The Kier molecular flexibility index (Phi) is 3.57. The molecule has 0 bridgehead atoms. The van der Waals surface area contributed by atoms with Crippen molar-refractivity contribution in [3.8, 4) is 17.2 Å². The van der Waals surface area contributed by atoms with E-state index in [1.165, 1.54) is 17.5 Å². The lowest BCUT2D eigenvalue weighted by atomic mass is 10.0. The average Bonchev–Trinajstić information content (AvgIpc) is 2.40. The molecule has 0 heterocycles. The Labute approximate surface area is 102 Å². The molecule has 0 aliphatic rings. The topological polar surface area (TPSA) is 23.8 Å². The van der Waals surface area contributed by atoms with Crippen LogP contribution in [0, 0.1) is 11.3 Å². The van der Waals surface area contributed by atoms with E-state index in [0.717, 1.165) is 12.0 Å². The van der Waals surface area contributed by atoms with Crippen molar-refractivity contribution in [1.29, 1.82) is 5.26 Å². The van der Waals surface area contributed by atoms with Gasteiger partial charge in [0.15, 0.2) is 0 Å². The zero-order valence-electron chi connectivity index (χ0n) is 9.98. The van der Waals surface area contributed by atoms with Crippen molar-refractivity contribution in [3.63, 3.8) is 0 Å². The van der Waals surface area contributed by atoms with Gasteiger partial charge in [-0.15, -0.1) is 0 Å². The minimum Gasteiger partial charge on any atom is -0.192 e. The third kappa shape index (κ3) is 2.73. The van der Waals surface area contributed by atoms with Crippen molar-refractivity contribution in [2.45, 2.75) is 19.8 Å². The Morgan fingerprint density at radius 3 is 1.88 bits per heavy atom. The number of nitrogens with zero attached hydrogens (tertiary/aromatic N) is 1. The molecule has 1 heteroatoms. The maximum absolute atomic E-state index is 8.74. The number of nitriles is 1. The second-order valence-electron chi connectivity index (χ2n) is 4.14. The number of aryl methyl sites for hydroxylation is 1. The molecule has 0 amide bonds. The highest BCUT2D eigenvalue weighted by Gasteiger charge is 1.98. The highest BCUT2D eigenvalue weighted by molar-refractivity contribution is 5.64. The third-order valence-corrected chi connectivity index (χ3v) is 2.84. The first kappa shape index (κ1) is 11.4. The molecule has 0 N–H and O–H groups in total. The summed E-state index contributed by atoms with van der Waals surface area (Å²) in [5.74, 6) is 0. The summed E-state index contributed by atoms with van der Waals surface area (Å²) in [4.78, 5) is 0. The summed E-state index contributed by atoms with van der Waals surface area (Å²) in [7, 11) is 0. The molecule has 0 aliphatic heterocycles. The Hall–Kier alpha value is -2.07. The molecule has 1 nitrogen and oxygen atoms in total. The summed E-state index contributed by atoms with van der Waals surface area (Å²) in [6.45, 7) is 2.19. The third-order valence-electron chi connectivity index (χ3n) is 2.84. The zero-order chi connectivity index (χ0) is 12.1. The van der Waals surface area contributed by atoms with Crippen LogP contribution < -0.4 is 0 Å². The second kappa shape index (κ2) is 5.32. The average molecular weight is 221 g/mol. The molecule has 2 rings (SSSR count). The lowest BCUT2D eigenvalue weighted by molar-refractivity contribution is 0.922. The molecule has 0 fully saturated rings. The second-order valence-corrected chi connectivity index (χ2v) is 4.14. The van der Waals surface area contributed by atoms with Crippen molar-refractivity contribution in [3.05, 3.63) is 59.7 Å². The summed E-state index contributed by atoms with van der Waals surface area (Å²) in [5.41, 5.74) is 4.45. The Morgan fingerprint density at radius 1 is 0.882 bits per heavy atom. The Bertz CT molecular complexity index is 515. The van der Waals surface area contributed by atoms with Crippen LogP contribution in [-0.2, 0) is 6.42 Å². The summed E-state index contributed by atoms with van der Waals surface area (Å²) < 4.78 is 0. The normalized spacial score (nSPS) is 9.88. The highest BCUT2D eigenvalue weighted by Crippen LogP contribution is 2.20. The highest BCUT2D eigenvalue weighted by atomic mass is 14.2. The van der Waals surface area contributed by atoms with Gasteiger partial charge >= 0.3 is 0 Å². The summed E-state index contributed by atoms with van der Waals surface area (Å²) in [6, 6.07) is 18.5. The monoisotopic (exact) mass is 221 g/mol. The van der Waals surface area contributed by atoms with Gasteiger partial charge in [0.2, 0.25) is 0 Å². The fourth-order valence-electron chi connectivity index (χ4n) is 1.89. The number of benzene rings is 2. The van der Waals surface area contributed by atoms with E-state index < -0.39 is 0 Å². The first-order chi connectivity index (χ1) is 8.33. The summed E-state index contributed by atoms with van der Waals surface area (Å²) >= 11 is 0. The van der Waals surface area contributed by atoms with Gasteiger partial charge in [-0.25, -0.2) is 0 Å². The van der Waals surface area contributed by atoms with Gasteiger partial charge in [0.05, 0.1) is 11.6 Å². The van der Waals surface area contributed by atoms with Crippen LogP contribution in [0.15, 0.2) is 48.5 Å². The van der Waals surface area contributed by atoms with Gasteiger partial charge in [0.25, 0.3) is 0 Å². The molecule has 0 radical (unpaired) electrons. The molecule has 0 aliphatic carbocycles. The van der Waals surface area contributed by atoms with Crippen LogP contribution in [0.3, 0.4) is 0 Å². The van der Waals surface area contributed by atoms with Crippen LogP contribution in [0.4, 0.5) is 0 Å². The lowest BCUT2D eigenvalue weighted by Crippen LogP contribution is -1.84. The quantitative estimate of drug-likeness (QED) is 0.762. The predicted molar refractivity (Wildman–Crippen MR) is 70.6 cm³/mol. The van der Waals surface area contributed by atoms with Gasteiger partial charge in [-0.2, -0.15) is 5.26 Å². The van der Waals surface area contributed by atoms with E-state index in [9.17, 15) is 0 Å². The fraction of sp³-hybridized carbons (Fsp3) is 0.188. The van der Waals surface area contributed by atoms with Crippen LogP contribution in [0.25, 0.3) is 11.1 Å². The van der Waals surface area contributed by atoms with E-state index in [1.54, 1.807) is 0 Å². The number of hydrogen-bond donors (Lipinski definition) is 0. The smallest absolute Gasteiger partial charge is 0.0991 e. The van der Waals surface area contributed by atoms with Crippen molar-refractivity contribution in [2.75, 3.05) is 0 Å². The molecular weight excluding hydrogens is 206 g/mol. The molecule has 0 saturated carbocycles. The first-order valence-electron chi connectivity index (χ1n) is 5.93. The molecule has 0 unspecified atom stereocenters. The van der Waals surface area contributed by atoms with Crippen LogP contribution >= 0.6 is 0 Å². The van der Waals surface area contributed by atoms with E-state index in [-0.39, 0.29) is 0 Å². The van der Waals surface area contributed by atoms with Gasteiger partial charge < -0.3 is 0 Å². The molecule has 2 aromatic carbocycles. The van der Waals surface area contributed by atoms with Crippen molar-refractivity contribution < 1.29 is 0 Å². The minimum atomic E-state index is 0.705. The lowest BCUT2D eigenvalue weighted by Gasteiger charge is -2.03. The molecule has 0 aromatic heterocycles. The molecule has 84 valence electrons. The molecule has 0 saturated heterocycles. The minimum absolute atomic E-state index is 0.705. The SMILES string of the molecule is CCCc1ccc(-c2ccc(C#N)cc2)cc1. The van der Waals surface area contributed by atoms with Crippen LogP contribution in [0.2, 0.25) is 0 Å². The van der Waals surface area contributed by atoms with Crippen molar-refractivity contribution in [2.24, 2.45) is 0 Å². The van der Waals surface area contributed by atoms with E-state index in [4.69, 9.17) is 5.26 Å². The predicted octanol–water partition coefficient (Wildman–Crippen LogP) is 4.18. The maximum atomic E-state index is 8.74. The van der Waals surface area contributed by atoms with Gasteiger partial charge in [0, 0.05) is 0 Å². The van der Waals surface area contributed by atoms with E-state index >= 15 is 0 Å². The van der Waals surface area contributed by atoms with Crippen LogP contribution in [-0.4, -0.2) is 0 Å². The Morgan fingerprint density at radius 2 is 1.41 bits per heavy atom. The van der Waals surface area contributed by atoms with Gasteiger partial charge in [-0.1, -0.05) is 49.7 Å². The van der Waals surface area contributed by atoms with Gasteiger partial charge in [0.1, 0.15) is 0 Å². The molecule has 0 atom stereocenters. The maximum Gasteiger partial charge on any atom is 0.0991 e. The Balaban J connectivity index is 2.24. The fourth-order valence-corrected chi connectivity index (χ4v) is 1.89. The largest absolute Gasteiger partial charge is 0.192 e. The van der Waals surface area contributed by atoms with Crippen molar-refractivity contribution >= 4 is 0 Å². The summed E-state index contributed by atoms with van der Waals surface area (Å²) in [6.07, 6.45) is 2.31. The molecular formula is C16H15N. The molecule has 0 spiro atoms. The zero-order valence-corrected chi connectivity index (χ0v) is 9.98. The van der Waals surface area contributed by atoms with E-state index in [0.29, 0.717) is 5.56 Å². The van der Waals surface area contributed by atoms with Crippen LogP contribution in [0.1, 0.15) is 24.5 Å². The summed E-state index contributed by atoms with van der Waals surface area (Å²) in [5, 5.41) is 8.74. The standard InChI is InChI=1S/C16H15N/c1-2-3-13-4-8-15(9-5-13)16-10-6-14(12-17)7-11-16/h4-11H,2-3H2,1H3. The van der Waals surface area contributed by atoms with Gasteiger partial charge in [-0.3, -0.25) is 0 Å². The number of hydrogen-bond acceptors (Lipinski definition) is 1. The molecule has 17 heavy (non-hydrogen) atoms.